The molecule has 1 unspecified atom stereocenters. The second-order valence-electron chi connectivity index (χ2n) is 4.74. The van der Waals surface area contributed by atoms with E-state index in [1.54, 1.807) is 12.1 Å². The van der Waals surface area contributed by atoms with Crippen molar-refractivity contribution in [2.45, 2.75) is 20.3 Å². The zero-order valence-electron chi connectivity index (χ0n) is 8.68. The van der Waals surface area contributed by atoms with Crippen LogP contribution in [0.3, 0.4) is 0 Å². The lowest BCUT2D eigenvalue weighted by Gasteiger charge is -2.04. The molecule has 15 heavy (non-hydrogen) atoms. The zero-order chi connectivity index (χ0) is 11.2. The largest absolute Gasteiger partial charge is 0.294 e. The minimum absolute atomic E-state index is 0.106. The van der Waals surface area contributed by atoms with Crippen LogP contribution in [-0.4, -0.2) is 5.78 Å². The van der Waals surface area contributed by atoms with E-state index in [1.165, 1.54) is 6.07 Å². The van der Waals surface area contributed by atoms with Gasteiger partial charge in [0.1, 0.15) is 5.82 Å². The summed E-state index contributed by atoms with van der Waals surface area (Å²) in [6, 6.07) is 4.44. The first kappa shape index (κ1) is 10.8. The van der Waals surface area contributed by atoms with E-state index in [4.69, 9.17) is 0 Å². The van der Waals surface area contributed by atoms with Crippen molar-refractivity contribution in [3.8, 4) is 0 Å². The Morgan fingerprint density at radius 1 is 1.53 bits per heavy atom. The van der Waals surface area contributed by atoms with Crippen molar-refractivity contribution in [1.82, 2.24) is 0 Å². The summed E-state index contributed by atoms with van der Waals surface area (Å²) in [6.45, 7) is 4.16. The molecular weight excluding hydrogens is 259 g/mol. The predicted molar refractivity (Wildman–Crippen MR) is 60.3 cm³/mol. The molecule has 3 heteroatoms. The van der Waals surface area contributed by atoms with E-state index in [2.05, 4.69) is 29.8 Å². The lowest BCUT2D eigenvalue weighted by Crippen LogP contribution is -2.06. The maximum absolute atomic E-state index is 13.0. The lowest BCUT2D eigenvalue weighted by molar-refractivity contribution is 0.0953. The number of rotatable bonds is 2. The Bertz CT molecular complexity index is 426. The molecule has 1 aromatic carbocycles. The van der Waals surface area contributed by atoms with Crippen LogP contribution >= 0.6 is 15.9 Å². The molecule has 1 aliphatic carbocycles. The number of carbonyl (C=O) groups excluding carboxylic acids is 1. The zero-order valence-corrected chi connectivity index (χ0v) is 10.3. The second-order valence-corrected chi connectivity index (χ2v) is 5.59. The van der Waals surface area contributed by atoms with Gasteiger partial charge < -0.3 is 0 Å². The van der Waals surface area contributed by atoms with Crippen molar-refractivity contribution in [1.29, 1.82) is 0 Å². The van der Waals surface area contributed by atoms with Crippen molar-refractivity contribution in [2.75, 3.05) is 0 Å². The molecule has 0 bridgehead atoms. The van der Waals surface area contributed by atoms with Gasteiger partial charge in [-0.2, -0.15) is 0 Å². The summed E-state index contributed by atoms with van der Waals surface area (Å²) < 4.78 is 13.3. The Labute approximate surface area is 96.8 Å². The van der Waals surface area contributed by atoms with Gasteiger partial charge >= 0.3 is 0 Å². The first-order valence-electron chi connectivity index (χ1n) is 4.91. The maximum Gasteiger partial charge on any atom is 0.166 e. The molecule has 1 aromatic rings. The SMILES string of the molecule is CC1(C)CC1C(=O)c1ccc(F)c(Br)c1. The van der Waals surface area contributed by atoms with Crippen LogP contribution < -0.4 is 0 Å². The summed E-state index contributed by atoms with van der Waals surface area (Å²) >= 11 is 3.09. The molecule has 1 saturated carbocycles. The molecule has 0 amide bonds. The fourth-order valence-corrected chi connectivity index (χ4v) is 2.14. The Kier molecular flexibility index (Phi) is 2.45. The van der Waals surface area contributed by atoms with Crippen molar-refractivity contribution in [3.05, 3.63) is 34.1 Å². The molecule has 1 atom stereocenters. The Hall–Kier alpha value is -0.700. The van der Waals surface area contributed by atoms with E-state index in [9.17, 15) is 9.18 Å². The number of ketones is 1. The minimum Gasteiger partial charge on any atom is -0.294 e. The van der Waals surface area contributed by atoms with Crippen LogP contribution in [0, 0.1) is 17.2 Å². The van der Waals surface area contributed by atoms with E-state index in [-0.39, 0.29) is 22.9 Å². The third-order valence-electron chi connectivity index (χ3n) is 3.03. The molecule has 80 valence electrons. The van der Waals surface area contributed by atoms with Crippen molar-refractivity contribution in [3.63, 3.8) is 0 Å². The van der Waals surface area contributed by atoms with Crippen LogP contribution in [0.1, 0.15) is 30.6 Å². The fourth-order valence-electron chi connectivity index (χ4n) is 1.77. The lowest BCUT2D eigenvalue weighted by atomic mass is 10.0. The highest BCUT2D eigenvalue weighted by Gasteiger charge is 2.50. The Balaban J connectivity index is 2.24. The summed E-state index contributed by atoms with van der Waals surface area (Å²) in [4.78, 5) is 11.9. The van der Waals surface area contributed by atoms with Gasteiger partial charge in [0.25, 0.3) is 0 Å². The van der Waals surface area contributed by atoms with Crippen LogP contribution in [0.15, 0.2) is 22.7 Å². The molecular formula is C12H12BrFO. The summed E-state index contributed by atoms with van der Waals surface area (Å²) in [7, 11) is 0. The first-order valence-corrected chi connectivity index (χ1v) is 5.70. The average molecular weight is 271 g/mol. The van der Waals surface area contributed by atoms with Gasteiger partial charge in [-0.25, -0.2) is 4.39 Å². The van der Waals surface area contributed by atoms with Crippen LogP contribution in [-0.2, 0) is 0 Å². The number of hydrogen-bond acceptors (Lipinski definition) is 1. The highest BCUT2D eigenvalue weighted by Crippen LogP contribution is 2.53. The van der Waals surface area contributed by atoms with Gasteiger partial charge in [0.15, 0.2) is 5.78 Å². The summed E-state index contributed by atoms with van der Waals surface area (Å²) in [5, 5.41) is 0. The number of benzene rings is 1. The third kappa shape index (κ3) is 1.98. The quantitative estimate of drug-likeness (QED) is 0.747. The standard InChI is InChI=1S/C12H12BrFO/c1-12(2)6-8(12)11(15)7-3-4-10(14)9(13)5-7/h3-5,8H,6H2,1-2H3. The van der Waals surface area contributed by atoms with Crippen LogP contribution in [0.4, 0.5) is 4.39 Å². The van der Waals surface area contributed by atoms with E-state index in [0.717, 1.165) is 6.42 Å². The number of hydrogen-bond donors (Lipinski definition) is 0. The molecule has 0 heterocycles. The van der Waals surface area contributed by atoms with Crippen molar-refractivity contribution < 1.29 is 9.18 Å². The molecule has 0 spiro atoms. The van der Waals surface area contributed by atoms with E-state index >= 15 is 0 Å². The van der Waals surface area contributed by atoms with Gasteiger partial charge in [0.05, 0.1) is 4.47 Å². The molecule has 2 rings (SSSR count). The molecule has 0 aromatic heterocycles. The van der Waals surface area contributed by atoms with Gasteiger partial charge in [0.2, 0.25) is 0 Å². The Morgan fingerprint density at radius 3 is 2.60 bits per heavy atom. The molecule has 1 nitrogen and oxygen atoms in total. The van der Waals surface area contributed by atoms with Crippen LogP contribution in [0.2, 0.25) is 0 Å². The topological polar surface area (TPSA) is 17.1 Å². The third-order valence-corrected chi connectivity index (χ3v) is 3.64. The number of Topliss-reactive ketones (excluding diaryl/α,β-unsaturated/α-hetero) is 1. The molecule has 0 N–H and O–H groups in total. The summed E-state index contributed by atoms with van der Waals surface area (Å²) in [5.41, 5.74) is 0.719. The van der Waals surface area contributed by atoms with E-state index in [0.29, 0.717) is 10.0 Å². The van der Waals surface area contributed by atoms with Crippen molar-refractivity contribution in [2.24, 2.45) is 11.3 Å². The molecule has 1 fully saturated rings. The predicted octanol–water partition coefficient (Wildman–Crippen LogP) is 3.82. The minimum atomic E-state index is -0.332. The molecule has 0 radical (unpaired) electrons. The van der Waals surface area contributed by atoms with Gasteiger partial charge in [-0.3, -0.25) is 4.79 Å². The number of carbonyl (C=O) groups is 1. The monoisotopic (exact) mass is 270 g/mol. The highest BCUT2D eigenvalue weighted by atomic mass is 79.9. The first-order chi connectivity index (χ1) is 6.92. The van der Waals surface area contributed by atoms with Crippen LogP contribution in [0.5, 0.6) is 0 Å². The van der Waals surface area contributed by atoms with Gasteiger partial charge in [-0.05, 0) is 46.0 Å². The number of halogens is 2. The smallest absolute Gasteiger partial charge is 0.166 e. The fraction of sp³-hybridized carbons (Fsp3) is 0.417. The maximum atomic E-state index is 13.0. The molecule has 0 saturated heterocycles. The van der Waals surface area contributed by atoms with Crippen molar-refractivity contribution >= 4 is 21.7 Å². The van der Waals surface area contributed by atoms with Gasteiger partial charge in [-0.1, -0.05) is 13.8 Å². The van der Waals surface area contributed by atoms with Gasteiger partial charge in [-0.15, -0.1) is 0 Å². The van der Waals surface area contributed by atoms with Crippen LogP contribution in [0.25, 0.3) is 0 Å². The Morgan fingerprint density at radius 2 is 2.13 bits per heavy atom. The normalized spacial score (nSPS) is 22.5. The van der Waals surface area contributed by atoms with Gasteiger partial charge in [0, 0.05) is 11.5 Å². The summed E-state index contributed by atoms with van der Waals surface area (Å²) in [6.07, 6.45) is 0.931. The highest BCUT2D eigenvalue weighted by molar-refractivity contribution is 9.10. The molecule has 0 aliphatic heterocycles. The molecule has 1 aliphatic rings. The average Bonchev–Trinajstić information content (AvgIpc) is 2.79. The second kappa shape index (κ2) is 3.41. The summed E-state index contributed by atoms with van der Waals surface area (Å²) in [5.74, 6) is -0.0998. The van der Waals surface area contributed by atoms with E-state index < -0.39 is 0 Å². The van der Waals surface area contributed by atoms with E-state index in [1.807, 2.05) is 0 Å².